The van der Waals surface area contributed by atoms with Crippen molar-refractivity contribution in [3.05, 3.63) is 0 Å². The lowest BCUT2D eigenvalue weighted by Crippen LogP contribution is -2.28. The van der Waals surface area contributed by atoms with Crippen LogP contribution in [-0.2, 0) is 4.74 Å². The number of hydrogen-bond acceptors (Lipinski definition) is 4. The van der Waals surface area contributed by atoms with Gasteiger partial charge in [0.05, 0.1) is 6.17 Å². The summed E-state index contributed by atoms with van der Waals surface area (Å²) in [5.41, 5.74) is 15.3. The van der Waals surface area contributed by atoms with E-state index < -0.39 is 0 Å². The molecule has 0 heterocycles. The van der Waals surface area contributed by atoms with Crippen molar-refractivity contribution in [2.45, 2.75) is 182 Å². The van der Waals surface area contributed by atoms with Crippen LogP contribution in [0.1, 0.15) is 141 Å². The zero-order chi connectivity index (χ0) is 30.0. The molecule has 226 valence electrons. The van der Waals surface area contributed by atoms with E-state index in [1.165, 1.54) is 38.5 Å². The molecule has 0 radical (unpaired) electrons. The third-order valence-electron chi connectivity index (χ3n) is 8.83. The van der Waals surface area contributed by atoms with Crippen LogP contribution < -0.4 is 17.2 Å². The van der Waals surface area contributed by atoms with E-state index in [1.54, 1.807) is 7.11 Å². The molecule has 0 spiro atoms. The highest BCUT2D eigenvalue weighted by Gasteiger charge is 2.30. The topological polar surface area (TPSA) is 87.3 Å². The SMILES string of the molecule is CCC(C)B(C(C)CC)C(C)CC.CCC(C)B(C(C)CC)C(C)CC.CCC(N)N.COCCCN. The van der Waals surface area contributed by atoms with Crippen molar-refractivity contribution in [3.8, 4) is 0 Å². The minimum absolute atomic E-state index is 0.116. The summed E-state index contributed by atoms with van der Waals surface area (Å²) in [6.07, 6.45) is 9.71. The fourth-order valence-corrected chi connectivity index (χ4v) is 5.23. The molecule has 4 nitrogen and oxygen atoms in total. The van der Waals surface area contributed by atoms with Crippen molar-refractivity contribution in [1.82, 2.24) is 0 Å². The van der Waals surface area contributed by atoms with Crippen LogP contribution in [0.25, 0.3) is 0 Å². The molecule has 0 amide bonds. The van der Waals surface area contributed by atoms with E-state index in [2.05, 4.69) is 83.1 Å². The molecule has 0 saturated carbocycles. The molecule has 0 saturated heterocycles. The molecule has 0 aromatic heterocycles. The van der Waals surface area contributed by atoms with Gasteiger partial charge in [-0.15, -0.1) is 0 Å². The second-order valence-corrected chi connectivity index (χ2v) is 11.7. The van der Waals surface area contributed by atoms with Crippen molar-refractivity contribution < 1.29 is 4.74 Å². The van der Waals surface area contributed by atoms with Gasteiger partial charge in [0.25, 0.3) is 0 Å². The van der Waals surface area contributed by atoms with Crippen LogP contribution in [0.2, 0.25) is 34.9 Å². The Bertz CT molecular complexity index is 348. The molecule has 6 atom stereocenters. The predicted molar refractivity (Wildman–Crippen MR) is 178 cm³/mol. The Morgan fingerprint density at radius 1 is 0.514 bits per heavy atom. The first-order valence-corrected chi connectivity index (χ1v) is 16.0. The Labute approximate surface area is 237 Å². The molecular weight excluding hydrogens is 452 g/mol. The van der Waals surface area contributed by atoms with Gasteiger partial charge in [-0.3, -0.25) is 0 Å². The van der Waals surface area contributed by atoms with Crippen molar-refractivity contribution >= 4 is 13.4 Å². The first-order valence-electron chi connectivity index (χ1n) is 16.0. The van der Waals surface area contributed by atoms with E-state index in [-0.39, 0.29) is 6.17 Å². The van der Waals surface area contributed by atoms with E-state index >= 15 is 0 Å². The standard InChI is InChI=1S/2C12H27B.C4H11NO.C3H10N2/c2*1-7-10(4)13(11(5)8-2)12(6)9-3;1-6-4-2-3-5;1-2-3(4)5/h2*10-12H,7-9H2,1-6H3;2-5H2,1H3;3H,2,4-5H2,1H3. The highest BCUT2D eigenvalue weighted by Crippen LogP contribution is 2.36. The molecule has 6 unspecified atom stereocenters. The first-order chi connectivity index (χ1) is 17.3. The molecule has 6 N–H and O–H groups in total. The molecule has 0 aliphatic carbocycles. The lowest BCUT2D eigenvalue weighted by molar-refractivity contribution is 0.197. The van der Waals surface area contributed by atoms with E-state index in [9.17, 15) is 0 Å². The molecule has 0 bridgehead atoms. The lowest BCUT2D eigenvalue weighted by atomic mass is 9.27. The molecule has 0 aromatic rings. The summed E-state index contributed by atoms with van der Waals surface area (Å²) >= 11 is 0. The Balaban J connectivity index is -0.000000212. The first kappa shape index (κ1) is 44.0. The summed E-state index contributed by atoms with van der Waals surface area (Å²) in [5, 5.41) is 0. The largest absolute Gasteiger partial charge is 0.385 e. The lowest BCUT2D eigenvalue weighted by Gasteiger charge is -2.30. The smallest absolute Gasteiger partial charge is 0.148 e. The van der Waals surface area contributed by atoms with E-state index in [1.807, 2.05) is 6.92 Å². The molecule has 0 aliphatic heterocycles. The number of ether oxygens (including phenoxy) is 1. The average Bonchev–Trinajstić information content (AvgIpc) is 2.91. The molecule has 37 heavy (non-hydrogen) atoms. The quantitative estimate of drug-likeness (QED) is 0.106. The minimum Gasteiger partial charge on any atom is -0.385 e. The Morgan fingerprint density at radius 3 is 0.811 bits per heavy atom. The fraction of sp³-hybridized carbons (Fsp3) is 1.00. The highest BCUT2D eigenvalue weighted by atomic mass is 16.5. The summed E-state index contributed by atoms with van der Waals surface area (Å²) in [6.45, 7) is 33.8. The van der Waals surface area contributed by atoms with Crippen LogP contribution in [0.15, 0.2) is 0 Å². The van der Waals surface area contributed by atoms with E-state index in [0.717, 1.165) is 74.3 Å². The molecule has 0 aliphatic rings. The van der Waals surface area contributed by atoms with Gasteiger partial charge < -0.3 is 21.9 Å². The van der Waals surface area contributed by atoms with E-state index in [4.69, 9.17) is 21.9 Å². The molecular formula is C31H75B2N3O. The molecule has 0 fully saturated rings. The highest BCUT2D eigenvalue weighted by molar-refractivity contribution is 6.63. The van der Waals surface area contributed by atoms with Gasteiger partial charge in [-0.05, 0) is 19.4 Å². The van der Waals surface area contributed by atoms with Crippen LogP contribution in [0.4, 0.5) is 0 Å². The second-order valence-electron chi connectivity index (χ2n) is 11.7. The fourth-order valence-electron chi connectivity index (χ4n) is 5.23. The molecule has 6 heteroatoms. The summed E-state index contributed by atoms with van der Waals surface area (Å²) in [6, 6.07) is 0. The molecule has 0 rings (SSSR count). The maximum absolute atomic E-state index is 5.13. The zero-order valence-electron chi connectivity index (χ0n) is 28.4. The van der Waals surface area contributed by atoms with Crippen LogP contribution in [0, 0.1) is 0 Å². The summed E-state index contributed by atoms with van der Waals surface area (Å²) in [5.74, 6) is 5.36. The van der Waals surface area contributed by atoms with Gasteiger partial charge in [-0.1, -0.05) is 163 Å². The van der Waals surface area contributed by atoms with Gasteiger partial charge in [-0.2, -0.15) is 0 Å². The average molecular weight is 528 g/mol. The van der Waals surface area contributed by atoms with Gasteiger partial charge >= 0.3 is 0 Å². The Morgan fingerprint density at radius 2 is 0.730 bits per heavy atom. The second kappa shape index (κ2) is 30.5. The number of rotatable bonds is 16. The molecule has 0 aromatic carbocycles. The summed E-state index contributed by atoms with van der Waals surface area (Å²) < 4.78 is 4.70. The van der Waals surface area contributed by atoms with Gasteiger partial charge in [0.15, 0.2) is 0 Å². The van der Waals surface area contributed by atoms with Crippen molar-refractivity contribution in [1.29, 1.82) is 0 Å². The summed E-state index contributed by atoms with van der Waals surface area (Å²) in [7, 11) is 1.68. The maximum Gasteiger partial charge on any atom is 0.148 e. The maximum atomic E-state index is 5.13. The number of nitrogens with two attached hydrogens (primary N) is 3. The van der Waals surface area contributed by atoms with Gasteiger partial charge in [0.2, 0.25) is 0 Å². The zero-order valence-corrected chi connectivity index (χ0v) is 28.4. The number of methoxy groups -OCH3 is 1. The third-order valence-corrected chi connectivity index (χ3v) is 8.83. The van der Waals surface area contributed by atoms with Crippen molar-refractivity contribution in [2.75, 3.05) is 20.3 Å². The van der Waals surface area contributed by atoms with Crippen molar-refractivity contribution in [3.63, 3.8) is 0 Å². The number of hydrogen-bond donors (Lipinski definition) is 3. The van der Waals surface area contributed by atoms with Crippen LogP contribution in [0.3, 0.4) is 0 Å². The summed E-state index contributed by atoms with van der Waals surface area (Å²) in [4.78, 5) is 0. The van der Waals surface area contributed by atoms with Crippen molar-refractivity contribution in [2.24, 2.45) is 17.2 Å². The minimum atomic E-state index is -0.116. The van der Waals surface area contributed by atoms with Crippen LogP contribution in [0.5, 0.6) is 0 Å². The normalized spacial score (nSPS) is 15.4. The van der Waals surface area contributed by atoms with Gasteiger partial charge in [-0.25, -0.2) is 0 Å². The van der Waals surface area contributed by atoms with Gasteiger partial charge in [0.1, 0.15) is 13.4 Å². The Kier molecular flexibility index (Phi) is 36.3. The third kappa shape index (κ3) is 24.7. The van der Waals surface area contributed by atoms with Crippen LogP contribution in [-0.4, -0.2) is 39.9 Å². The Hall–Kier alpha value is -0.0301. The van der Waals surface area contributed by atoms with Crippen LogP contribution >= 0.6 is 0 Å². The van der Waals surface area contributed by atoms with Gasteiger partial charge in [0, 0.05) is 13.7 Å². The van der Waals surface area contributed by atoms with E-state index in [0.29, 0.717) is 0 Å². The monoisotopic (exact) mass is 528 g/mol. The predicted octanol–water partition coefficient (Wildman–Crippen LogP) is 9.38.